The summed E-state index contributed by atoms with van der Waals surface area (Å²) < 4.78 is 81.3. The summed E-state index contributed by atoms with van der Waals surface area (Å²) in [5, 5.41) is 2.27. The lowest BCUT2D eigenvalue weighted by Gasteiger charge is -2.09. The maximum absolute atomic E-state index is 13.4. The fourth-order valence-corrected chi connectivity index (χ4v) is 3.03. The number of H-pyrrole nitrogens is 1. The lowest BCUT2D eigenvalue weighted by atomic mass is 10.2. The van der Waals surface area contributed by atoms with Gasteiger partial charge in [-0.15, -0.1) is 13.2 Å². The monoisotopic (exact) mass is 483 g/mol. The number of rotatable bonds is 4. The highest BCUT2D eigenvalue weighted by molar-refractivity contribution is 6.35. The highest BCUT2D eigenvalue weighted by atomic mass is 35.5. The van der Waals surface area contributed by atoms with E-state index in [9.17, 15) is 31.1 Å². The van der Waals surface area contributed by atoms with E-state index in [0.29, 0.717) is 10.9 Å². The molecule has 0 saturated carbocycles. The van der Waals surface area contributed by atoms with Crippen LogP contribution in [0.4, 0.5) is 32.0 Å². The van der Waals surface area contributed by atoms with E-state index in [1.165, 1.54) is 18.2 Å². The van der Waals surface area contributed by atoms with Gasteiger partial charge in [0.25, 0.3) is 5.56 Å². The van der Waals surface area contributed by atoms with Crippen LogP contribution in [0, 0.1) is 0 Å². The highest BCUT2D eigenvalue weighted by Gasteiger charge is 2.37. The molecule has 2 aromatic carbocycles. The number of halogens is 8. The number of hydrogen-bond donors (Lipinski definition) is 1. The van der Waals surface area contributed by atoms with Gasteiger partial charge in [0.2, 0.25) is 0 Å². The van der Waals surface area contributed by atoms with E-state index in [2.05, 4.69) is 9.73 Å². The molecule has 3 aromatic rings. The number of hydrogen-bond acceptors (Lipinski definition) is 3. The molecule has 164 valence electrons. The number of aliphatic imine (C=N–C) groups is 1. The number of aromatic amines is 1. The van der Waals surface area contributed by atoms with Crippen LogP contribution in [0.15, 0.2) is 52.3 Å². The number of ether oxygens (including phenoxy) is 1. The number of nitrogens with one attached hydrogen (secondary N) is 1. The Morgan fingerprint density at radius 2 is 1.55 bits per heavy atom. The van der Waals surface area contributed by atoms with Crippen LogP contribution in [0.1, 0.15) is 11.3 Å². The molecule has 0 radical (unpaired) electrons. The van der Waals surface area contributed by atoms with Crippen LogP contribution in [-0.2, 0) is 6.18 Å². The third-order valence-corrected chi connectivity index (χ3v) is 4.16. The molecule has 0 aliphatic heterocycles. The molecule has 0 bridgehead atoms. The molecule has 0 fully saturated rings. The SMILES string of the molecule is O=c1c(C=Nc2cc(Cl)cc(Cl)c2)c(C(F)(F)F)[nH]n1-c1ccc(OC(F)(F)F)cc1. The van der Waals surface area contributed by atoms with Crippen LogP contribution < -0.4 is 10.3 Å². The van der Waals surface area contributed by atoms with E-state index in [4.69, 9.17) is 23.2 Å². The first-order valence-corrected chi connectivity index (χ1v) is 8.87. The van der Waals surface area contributed by atoms with Crippen molar-refractivity contribution in [3.8, 4) is 11.4 Å². The maximum atomic E-state index is 13.4. The van der Waals surface area contributed by atoms with Gasteiger partial charge in [0.05, 0.1) is 16.9 Å². The molecular weight excluding hydrogens is 475 g/mol. The van der Waals surface area contributed by atoms with Crippen LogP contribution in [0.5, 0.6) is 5.75 Å². The topological polar surface area (TPSA) is 59.4 Å². The summed E-state index contributed by atoms with van der Waals surface area (Å²) in [5.74, 6) is -0.605. The molecule has 1 N–H and O–H groups in total. The second-order valence-corrected chi connectivity index (χ2v) is 6.84. The molecular formula is C18H9Cl2F6N3O2. The fourth-order valence-electron chi connectivity index (χ4n) is 2.52. The van der Waals surface area contributed by atoms with Gasteiger partial charge in [-0.25, -0.2) is 4.68 Å². The second kappa shape index (κ2) is 8.31. The van der Waals surface area contributed by atoms with Crippen molar-refractivity contribution in [2.75, 3.05) is 0 Å². The fraction of sp³-hybridized carbons (Fsp3) is 0.111. The van der Waals surface area contributed by atoms with Crippen LogP contribution in [0.25, 0.3) is 5.69 Å². The summed E-state index contributed by atoms with van der Waals surface area (Å²) in [4.78, 5) is 16.4. The summed E-state index contributed by atoms with van der Waals surface area (Å²) in [6.45, 7) is 0. The summed E-state index contributed by atoms with van der Waals surface area (Å²) in [7, 11) is 0. The standard InChI is InChI=1S/C18H9Cl2F6N3O2/c19-9-5-10(20)7-11(6-9)27-8-14-15(17(21,22)23)28-29(16(14)30)12-1-3-13(4-2-12)31-18(24,25)26/h1-8,28H. The minimum absolute atomic E-state index is 0.103. The van der Waals surface area contributed by atoms with E-state index in [1.807, 2.05) is 5.10 Å². The molecule has 0 saturated heterocycles. The number of aromatic nitrogens is 2. The van der Waals surface area contributed by atoms with Gasteiger partial charge in [-0.1, -0.05) is 23.2 Å². The van der Waals surface area contributed by atoms with E-state index >= 15 is 0 Å². The summed E-state index contributed by atoms with van der Waals surface area (Å²) >= 11 is 11.6. The average molecular weight is 484 g/mol. The van der Waals surface area contributed by atoms with Crippen LogP contribution in [-0.4, -0.2) is 22.4 Å². The Morgan fingerprint density at radius 3 is 2.06 bits per heavy atom. The number of alkyl halides is 6. The molecule has 13 heteroatoms. The Labute approximate surface area is 179 Å². The van der Waals surface area contributed by atoms with Crippen LogP contribution in [0.3, 0.4) is 0 Å². The van der Waals surface area contributed by atoms with Gasteiger partial charge in [0, 0.05) is 16.3 Å². The predicted molar refractivity (Wildman–Crippen MR) is 102 cm³/mol. The van der Waals surface area contributed by atoms with Crippen LogP contribution in [0.2, 0.25) is 10.0 Å². The Bertz CT molecular complexity index is 1160. The average Bonchev–Trinajstić information content (AvgIpc) is 2.95. The first-order chi connectivity index (χ1) is 14.3. The number of benzene rings is 2. The van der Waals surface area contributed by atoms with Crippen molar-refractivity contribution >= 4 is 35.1 Å². The van der Waals surface area contributed by atoms with Crippen molar-refractivity contribution in [3.63, 3.8) is 0 Å². The van der Waals surface area contributed by atoms with E-state index < -0.39 is 35.1 Å². The Kier molecular flexibility index (Phi) is 6.10. The summed E-state index contributed by atoms with van der Waals surface area (Å²) in [6, 6.07) is 7.70. The molecule has 0 aliphatic carbocycles. The van der Waals surface area contributed by atoms with Crippen LogP contribution >= 0.6 is 23.2 Å². The van der Waals surface area contributed by atoms with Gasteiger partial charge in [-0.2, -0.15) is 13.2 Å². The Balaban J connectivity index is 2.03. The van der Waals surface area contributed by atoms with Gasteiger partial charge in [0.1, 0.15) is 5.75 Å². The molecule has 5 nitrogen and oxygen atoms in total. The molecule has 3 rings (SSSR count). The van der Waals surface area contributed by atoms with E-state index in [0.717, 1.165) is 24.3 Å². The van der Waals surface area contributed by atoms with Crippen molar-refractivity contribution in [1.82, 2.24) is 9.78 Å². The zero-order chi connectivity index (χ0) is 23.0. The van der Waals surface area contributed by atoms with Gasteiger partial charge in [-0.05, 0) is 42.5 Å². The number of nitrogens with zero attached hydrogens (tertiary/aromatic N) is 2. The van der Waals surface area contributed by atoms with Crippen molar-refractivity contribution in [3.05, 3.63) is 74.1 Å². The van der Waals surface area contributed by atoms with Crippen molar-refractivity contribution < 1.29 is 31.1 Å². The normalized spacial score (nSPS) is 12.5. The zero-order valence-electron chi connectivity index (χ0n) is 14.9. The van der Waals surface area contributed by atoms with Crippen molar-refractivity contribution in [1.29, 1.82) is 0 Å². The lowest BCUT2D eigenvalue weighted by Crippen LogP contribution is -2.18. The molecule has 1 heterocycles. The van der Waals surface area contributed by atoms with Crippen molar-refractivity contribution in [2.45, 2.75) is 12.5 Å². The maximum Gasteiger partial charge on any atom is 0.573 e. The lowest BCUT2D eigenvalue weighted by molar-refractivity contribution is -0.274. The summed E-state index contributed by atoms with van der Waals surface area (Å²) in [5.41, 5.74) is -3.40. The minimum atomic E-state index is -4.95. The molecule has 0 amide bonds. The second-order valence-electron chi connectivity index (χ2n) is 5.97. The Morgan fingerprint density at radius 1 is 0.968 bits per heavy atom. The largest absolute Gasteiger partial charge is 0.573 e. The first-order valence-electron chi connectivity index (χ1n) is 8.12. The third-order valence-electron chi connectivity index (χ3n) is 3.73. The molecule has 0 aliphatic rings. The molecule has 0 spiro atoms. The molecule has 31 heavy (non-hydrogen) atoms. The quantitative estimate of drug-likeness (QED) is 0.357. The van der Waals surface area contributed by atoms with E-state index in [1.54, 1.807) is 0 Å². The Hall–Kier alpha value is -2.92. The molecule has 0 unspecified atom stereocenters. The van der Waals surface area contributed by atoms with E-state index in [-0.39, 0.29) is 21.4 Å². The van der Waals surface area contributed by atoms with Gasteiger partial charge < -0.3 is 4.74 Å². The zero-order valence-corrected chi connectivity index (χ0v) is 16.4. The smallest absolute Gasteiger partial charge is 0.406 e. The highest BCUT2D eigenvalue weighted by Crippen LogP contribution is 2.30. The predicted octanol–water partition coefficient (Wildman–Crippen LogP) is 6.14. The third kappa shape index (κ3) is 5.61. The van der Waals surface area contributed by atoms with Gasteiger partial charge in [-0.3, -0.25) is 14.9 Å². The molecule has 0 atom stereocenters. The molecule has 1 aromatic heterocycles. The van der Waals surface area contributed by atoms with Crippen molar-refractivity contribution in [2.24, 2.45) is 4.99 Å². The summed E-state index contributed by atoms with van der Waals surface area (Å²) in [6.07, 6.45) is -9.19. The first kappa shape index (κ1) is 22.8. The van der Waals surface area contributed by atoms with Gasteiger partial charge >= 0.3 is 12.5 Å². The van der Waals surface area contributed by atoms with Gasteiger partial charge in [0.15, 0.2) is 5.69 Å². The minimum Gasteiger partial charge on any atom is -0.406 e.